The molecule has 0 unspecified atom stereocenters. The number of hydrogen-bond donors (Lipinski definition) is 5. The standard InChI is InChI=1S/C32H44N4O7/c1-32(2,3)43-31(41)36-26(28(37)35-27(29(38)39)17-8-10-18-33)16-9-11-19-34-30(40)42-20-25-23-14-6-4-12-21(23)22-13-5-7-15-24(22)25/h4-7,12-15,25-27H,8-11,16-20,33H2,1-3H3,(H,34,40)(H,35,37)(H,36,41)(H,38,39)/t26-,27-/m0/s1. The summed E-state index contributed by atoms with van der Waals surface area (Å²) < 4.78 is 10.8. The first-order chi connectivity index (χ1) is 20.5. The SMILES string of the molecule is CC(C)(C)OC(=O)N[C@@H](CCCCNC(=O)OCC1c2ccccc2-c2ccccc21)C(=O)N[C@@H](CCCCN)C(=O)O. The lowest BCUT2D eigenvalue weighted by atomic mass is 9.98. The molecule has 0 aliphatic heterocycles. The van der Waals surface area contributed by atoms with Gasteiger partial charge in [-0.2, -0.15) is 0 Å². The molecule has 3 amide bonds. The van der Waals surface area contributed by atoms with E-state index in [2.05, 4.69) is 40.2 Å². The van der Waals surface area contributed by atoms with E-state index in [1.165, 1.54) is 0 Å². The van der Waals surface area contributed by atoms with Crippen molar-refractivity contribution >= 4 is 24.1 Å². The van der Waals surface area contributed by atoms with Crippen LogP contribution < -0.4 is 21.7 Å². The molecule has 6 N–H and O–H groups in total. The molecular formula is C32H44N4O7. The first-order valence-corrected chi connectivity index (χ1v) is 14.8. The summed E-state index contributed by atoms with van der Waals surface area (Å²) in [5.41, 5.74) is 9.27. The average Bonchev–Trinajstić information content (AvgIpc) is 3.27. The van der Waals surface area contributed by atoms with Crippen molar-refractivity contribution in [2.75, 3.05) is 19.7 Å². The van der Waals surface area contributed by atoms with Crippen LogP contribution in [-0.2, 0) is 19.1 Å². The number of ether oxygens (including phenoxy) is 2. The van der Waals surface area contributed by atoms with Crippen molar-refractivity contribution in [2.45, 2.75) is 82.9 Å². The molecule has 3 rings (SSSR count). The average molecular weight is 597 g/mol. The molecule has 0 spiro atoms. The van der Waals surface area contributed by atoms with Crippen LogP contribution in [0.5, 0.6) is 0 Å². The molecule has 2 aromatic carbocycles. The van der Waals surface area contributed by atoms with Crippen molar-refractivity contribution in [3.8, 4) is 11.1 Å². The number of carbonyl (C=O) groups excluding carboxylic acids is 3. The van der Waals surface area contributed by atoms with Gasteiger partial charge in [-0.1, -0.05) is 48.5 Å². The van der Waals surface area contributed by atoms with Crippen LogP contribution >= 0.6 is 0 Å². The number of nitrogens with one attached hydrogen (secondary N) is 3. The van der Waals surface area contributed by atoms with E-state index in [-0.39, 0.29) is 25.4 Å². The van der Waals surface area contributed by atoms with Gasteiger partial charge in [0.1, 0.15) is 24.3 Å². The fourth-order valence-corrected chi connectivity index (χ4v) is 5.05. The van der Waals surface area contributed by atoms with Crippen molar-refractivity contribution in [1.29, 1.82) is 0 Å². The van der Waals surface area contributed by atoms with Gasteiger partial charge in [0.25, 0.3) is 0 Å². The zero-order valence-electron chi connectivity index (χ0n) is 25.2. The van der Waals surface area contributed by atoms with Gasteiger partial charge in [-0.25, -0.2) is 14.4 Å². The lowest BCUT2D eigenvalue weighted by molar-refractivity contribution is -0.142. The molecule has 234 valence electrons. The van der Waals surface area contributed by atoms with E-state index >= 15 is 0 Å². The number of carbonyl (C=O) groups is 4. The van der Waals surface area contributed by atoms with Gasteiger partial charge in [-0.15, -0.1) is 0 Å². The van der Waals surface area contributed by atoms with Crippen molar-refractivity contribution in [3.05, 3.63) is 59.7 Å². The van der Waals surface area contributed by atoms with Crippen LogP contribution in [0.2, 0.25) is 0 Å². The molecule has 2 atom stereocenters. The number of unbranched alkanes of at least 4 members (excludes halogenated alkanes) is 2. The van der Waals surface area contributed by atoms with Crippen LogP contribution in [0.15, 0.2) is 48.5 Å². The number of carboxylic acid groups (broad SMARTS) is 1. The second-order valence-electron chi connectivity index (χ2n) is 11.6. The third-order valence-electron chi connectivity index (χ3n) is 7.10. The second kappa shape index (κ2) is 15.9. The number of benzene rings is 2. The molecule has 11 heteroatoms. The molecule has 0 bridgehead atoms. The normalized spacial score (nSPS) is 13.7. The Morgan fingerprint density at radius 3 is 2.00 bits per heavy atom. The van der Waals surface area contributed by atoms with Crippen LogP contribution in [0.25, 0.3) is 11.1 Å². The molecule has 2 aromatic rings. The Morgan fingerprint density at radius 2 is 1.42 bits per heavy atom. The van der Waals surface area contributed by atoms with Gasteiger partial charge in [0.05, 0.1) is 0 Å². The quantitative estimate of drug-likeness (QED) is 0.190. The minimum absolute atomic E-state index is 0.0405. The lowest BCUT2D eigenvalue weighted by Gasteiger charge is -2.24. The number of fused-ring (bicyclic) bond motifs is 3. The highest BCUT2D eigenvalue weighted by molar-refractivity contribution is 5.89. The number of carboxylic acids is 1. The van der Waals surface area contributed by atoms with Gasteiger partial charge in [0, 0.05) is 12.5 Å². The maximum Gasteiger partial charge on any atom is 0.408 e. The number of amides is 3. The Labute approximate surface area is 252 Å². The Hall–Kier alpha value is -4.12. The molecule has 0 aromatic heterocycles. The Bertz CT molecular complexity index is 1210. The van der Waals surface area contributed by atoms with E-state index < -0.39 is 41.7 Å². The summed E-state index contributed by atoms with van der Waals surface area (Å²) in [6, 6.07) is 14.1. The second-order valence-corrected chi connectivity index (χ2v) is 11.6. The molecule has 11 nitrogen and oxygen atoms in total. The van der Waals surface area contributed by atoms with Gasteiger partial charge in [0.15, 0.2) is 0 Å². The molecule has 0 radical (unpaired) electrons. The number of aliphatic carboxylic acids is 1. The highest BCUT2D eigenvalue weighted by Crippen LogP contribution is 2.44. The van der Waals surface area contributed by atoms with E-state index in [4.69, 9.17) is 15.2 Å². The van der Waals surface area contributed by atoms with E-state index in [1.54, 1.807) is 20.8 Å². The van der Waals surface area contributed by atoms with Crippen molar-refractivity contribution in [3.63, 3.8) is 0 Å². The monoisotopic (exact) mass is 596 g/mol. The van der Waals surface area contributed by atoms with Gasteiger partial charge in [0.2, 0.25) is 5.91 Å². The van der Waals surface area contributed by atoms with Gasteiger partial charge >= 0.3 is 18.2 Å². The fourth-order valence-electron chi connectivity index (χ4n) is 5.05. The molecule has 43 heavy (non-hydrogen) atoms. The molecule has 1 aliphatic rings. The van der Waals surface area contributed by atoms with Gasteiger partial charge < -0.3 is 36.3 Å². The van der Waals surface area contributed by atoms with Crippen LogP contribution in [0.1, 0.15) is 76.3 Å². The van der Waals surface area contributed by atoms with E-state index in [0.717, 1.165) is 22.3 Å². The topological polar surface area (TPSA) is 169 Å². The number of nitrogens with two attached hydrogens (primary N) is 1. The summed E-state index contributed by atoms with van der Waals surface area (Å²) in [5.74, 6) is -1.81. The zero-order valence-corrected chi connectivity index (χ0v) is 25.2. The highest BCUT2D eigenvalue weighted by atomic mass is 16.6. The first-order valence-electron chi connectivity index (χ1n) is 14.8. The Kier molecular flexibility index (Phi) is 12.4. The minimum Gasteiger partial charge on any atom is -0.480 e. The third-order valence-corrected chi connectivity index (χ3v) is 7.10. The summed E-state index contributed by atoms with van der Waals surface area (Å²) in [5, 5.41) is 17.4. The summed E-state index contributed by atoms with van der Waals surface area (Å²) in [6.07, 6.45) is 1.26. The number of hydrogen-bond acceptors (Lipinski definition) is 7. The van der Waals surface area contributed by atoms with E-state index in [1.807, 2.05) is 24.3 Å². The first kappa shape index (κ1) is 33.4. The van der Waals surface area contributed by atoms with E-state index in [9.17, 15) is 24.3 Å². The third kappa shape index (κ3) is 10.3. The molecule has 0 saturated heterocycles. The van der Waals surface area contributed by atoms with Crippen LogP contribution in [0, 0.1) is 0 Å². The van der Waals surface area contributed by atoms with Gasteiger partial charge in [-0.3, -0.25) is 4.79 Å². The van der Waals surface area contributed by atoms with Gasteiger partial charge in [-0.05, 0) is 88.1 Å². The zero-order chi connectivity index (χ0) is 31.4. The predicted octanol–water partition coefficient (Wildman–Crippen LogP) is 4.29. The lowest BCUT2D eigenvalue weighted by Crippen LogP contribution is -2.52. The van der Waals surface area contributed by atoms with E-state index in [0.29, 0.717) is 38.8 Å². The Morgan fingerprint density at radius 1 is 0.837 bits per heavy atom. The Balaban J connectivity index is 1.48. The van der Waals surface area contributed by atoms with Crippen LogP contribution in [-0.4, -0.2) is 66.6 Å². The minimum atomic E-state index is -1.16. The number of rotatable bonds is 15. The van der Waals surface area contributed by atoms with Crippen LogP contribution in [0.3, 0.4) is 0 Å². The summed E-state index contributed by atoms with van der Waals surface area (Å²) >= 11 is 0. The smallest absolute Gasteiger partial charge is 0.408 e. The summed E-state index contributed by atoms with van der Waals surface area (Å²) in [7, 11) is 0. The molecule has 0 saturated carbocycles. The molecule has 1 aliphatic carbocycles. The molecule has 0 fully saturated rings. The summed E-state index contributed by atoms with van der Waals surface area (Å²) in [6.45, 7) is 6.04. The fraction of sp³-hybridized carbons (Fsp3) is 0.500. The summed E-state index contributed by atoms with van der Waals surface area (Å²) in [4.78, 5) is 49.5. The van der Waals surface area contributed by atoms with Crippen molar-refractivity contribution in [2.24, 2.45) is 5.73 Å². The predicted molar refractivity (Wildman–Crippen MR) is 163 cm³/mol. The maximum absolute atomic E-state index is 13.0. The maximum atomic E-state index is 13.0. The largest absolute Gasteiger partial charge is 0.480 e. The number of alkyl carbamates (subject to hydrolysis) is 2. The van der Waals surface area contributed by atoms with Crippen LogP contribution in [0.4, 0.5) is 9.59 Å². The van der Waals surface area contributed by atoms with Crippen molar-refractivity contribution in [1.82, 2.24) is 16.0 Å². The molecule has 0 heterocycles. The highest BCUT2D eigenvalue weighted by Gasteiger charge is 2.30. The van der Waals surface area contributed by atoms with Crippen molar-refractivity contribution < 1.29 is 33.8 Å². The molecular weight excluding hydrogens is 552 g/mol.